The Morgan fingerprint density at radius 3 is 2.04 bits per heavy atom. The highest BCUT2D eigenvalue weighted by atomic mass is 19.4. The summed E-state index contributed by atoms with van der Waals surface area (Å²) in [6, 6.07) is 17.3. The minimum absolute atomic E-state index is 0.268. The normalized spacial score (nSPS) is 11.3. The lowest BCUT2D eigenvalue weighted by atomic mass is 9.98. The molecule has 2 nitrogen and oxygen atoms in total. The minimum atomic E-state index is -4.37. The molecule has 0 saturated carbocycles. The summed E-state index contributed by atoms with van der Waals surface area (Å²) >= 11 is 0. The van der Waals surface area contributed by atoms with Crippen LogP contribution in [0.15, 0.2) is 66.7 Å². The number of carbonyl (C=O) groups is 1. The van der Waals surface area contributed by atoms with Crippen molar-refractivity contribution >= 4 is 6.29 Å². The van der Waals surface area contributed by atoms with Crippen LogP contribution in [-0.4, -0.2) is 11.3 Å². The smallest absolute Gasteiger partial charge is 0.296 e. The molecule has 120 valence electrons. The monoisotopic (exact) mass is 327 g/mol. The zero-order valence-electron chi connectivity index (χ0n) is 12.4. The second-order valence-electron chi connectivity index (χ2n) is 5.19. The minimum Gasteiger partial charge on any atom is -0.296 e. The van der Waals surface area contributed by atoms with E-state index in [1.807, 2.05) is 30.3 Å². The third kappa shape index (κ3) is 3.20. The van der Waals surface area contributed by atoms with Gasteiger partial charge in [0.1, 0.15) is 5.69 Å². The molecule has 0 aliphatic heterocycles. The summed E-state index contributed by atoms with van der Waals surface area (Å²) in [6.07, 6.45) is -3.73. The van der Waals surface area contributed by atoms with Crippen molar-refractivity contribution in [1.82, 2.24) is 4.98 Å². The van der Waals surface area contributed by atoms with Crippen LogP contribution in [0, 0.1) is 0 Å². The highest BCUT2D eigenvalue weighted by Gasteiger charge is 2.30. The van der Waals surface area contributed by atoms with E-state index in [9.17, 15) is 18.0 Å². The van der Waals surface area contributed by atoms with E-state index in [0.717, 1.165) is 17.7 Å². The van der Waals surface area contributed by atoms with E-state index in [0.29, 0.717) is 23.1 Å². The SMILES string of the molecule is O=Cc1ccc(-c2ccc(C(F)(F)F)cc2)c(-c2ccccc2)n1. The Balaban J connectivity index is 2.12. The van der Waals surface area contributed by atoms with E-state index >= 15 is 0 Å². The molecule has 0 bridgehead atoms. The quantitative estimate of drug-likeness (QED) is 0.615. The van der Waals surface area contributed by atoms with Crippen LogP contribution in [0.3, 0.4) is 0 Å². The first-order valence-corrected chi connectivity index (χ1v) is 7.18. The molecule has 0 amide bonds. The number of aromatic nitrogens is 1. The maximum atomic E-state index is 12.7. The molecule has 2 aromatic carbocycles. The van der Waals surface area contributed by atoms with Gasteiger partial charge in [0.05, 0.1) is 11.3 Å². The highest BCUT2D eigenvalue weighted by Crippen LogP contribution is 2.34. The molecule has 24 heavy (non-hydrogen) atoms. The maximum absolute atomic E-state index is 12.7. The average molecular weight is 327 g/mol. The van der Waals surface area contributed by atoms with Gasteiger partial charge in [0.15, 0.2) is 6.29 Å². The first-order chi connectivity index (χ1) is 11.5. The van der Waals surface area contributed by atoms with Gasteiger partial charge in [-0.2, -0.15) is 13.2 Å². The summed E-state index contributed by atoms with van der Waals surface area (Å²) in [5.41, 5.74) is 2.18. The zero-order valence-corrected chi connectivity index (χ0v) is 12.4. The van der Waals surface area contributed by atoms with Crippen molar-refractivity contribution in [2.75, 3.05) is 0 Å². The predicted molar refractivity (Wildman–Crippen MR) is 85.5 cm³/mol. The molecule has 0 N–H and O–H groups in total. The molecule has 0 unspecified atom stereocenters. The first kappa shape index (κ1) is 15.9. The average Bonchev–Trinajstić information content (AvgIpc) is 2.61. The molecule has 0 saturated heterocycles. The second kappa shape index (κ2) is 6.28. The predicted octanol–water partition coefficient (Wildman–Crippen LogP) is 5.25. The zero-order chi connectivity index (χ0) is 17.2. The number of carbonyl (C=O) groups excluding carboxylic acids is 1. The third-order valence-corrected chi connectivity index (χ3v) is 3.61. The highest BCUT2D eigenvalue weighted by molar-refractivity contribution is 5.84. The molecule has 1 heterocycles. The number of benzene rings is 2. The van der Waals surface area contributed by atoms with Crippen LogP contribution in [-0.2, 0) is 6.18 Å². The Morgan fingerprint density at radius 1 is 0.792 bits per heavy atom. The van der Waals surface area contributed by atoms with Gasteiger partial charge in [-0.3, -0.25) is 4.79 Å². The number of halogens is 3. The van der Waals surface area contributed by atoms with Crippen LogP contribution in [0.4, 0.5) is 13.2 Å². The molecule has 3 aromatic rings. The van der Waals surface area contributed by atoms with Gasteiger partial charge in [-0.15, -0.1) is 0 Å². The van der Waals surface area contributed by atoms with Crippen molar-refractivity contribution in [3.05, 3.63) is 78.0 Å². The number of pyridine rings is 1. The lowest BCUT2D eigenvalue weighted by Crippen LogP contribution is -2.04. The van der Waals surface area contributed by atoms with Crippen molar-refractivity contribution in [2.45, 2.75) is 6.18 Å². The molecule has 0 fully saturated rings. The third-order valence-electron chi connectivity index (χ3n) is 3.61. The van der Waals surface area contributed by atoms with E-state index in [1.165, 1.54) is 12.1 Å². The summed E-state index contributed by atoms with van der Waals surface area (Å²) < 4.78 is 38.1. The second-order valence-corrected chi connectivity index (χ2v) is 5.19. The Morgan fingerprint density at radius 2 is 1.46 bits per heavy atom. The van der Waals surface area contributed by atoms with E-state index in [-0.39, 0.29) is 5.69 Å². The molecule has 0 atom stereocenters. The summed E-state index contributed by atoms with van der Waals surface area (Å²) in [6.45, 7) is 0. The molecule has 0 spiro atoms. The topological polar surface area (TPSA) is 30.0 Å². The van der Waals surface area contributed by atoms with Crippen molar-refractivity contribution < 1.29 is 18.0 Å². The van der Waals surface area contributed by atoms with Crippen molar-refractivity contribution in [2.24, 2.45) is 0 Å². The molecular weight excluding hydrogens is 315 g/mol. The summed E-state index contributed by atoms with van der Waals surface area (Å²) in [4.78, 5) is 15.3. The van der Waals surface area contributed by atoms with Gasteiger partial charge in [0.2, 0.25) is 0 Å². The standard InChI is InChI=1S/C19H12F3NO/c20-19(21,22)15-8-6-13(7-9-15)17-11-10-16(12-24)23-18(17)14-4-2-1-3-5-14/h1-12H. The van der Waals surface area contributed by atoms with Gasteiger partial charge in [0.25, 0.3) is 0 Å². The fourth-order valence-corrected chi connectivity index (χ4v) is 2.43. The Hall–Kier alpha value is -2.95. The van der Waals surface area contributed by atoms with Gasteiger partial charge in [-0.1, -0.05) is 42.5 Å². The van der Waals surface area contributed by atoms with E-state index in [1.54, 1.807) is 12.1 Å². The van der Waals surface area contributed by atoms with Gasteiger partial charge < -0.3 is 0 Å². The van der Waals surface area contributed by atoms with Crippen molar-refractivity contribution in [3.8, 4) is 22.4 Å². The Kier molecular flexibility index (Phi) is 4.16. The Labute approximate surface area is 136 Å². The molecular formula is C19H12F3NO. The number of hydrogen-bond donors (Lipinski definition) is 0. The number of rotatable bonds is 3. The van der Waals surface area contributed by atoms with Crippen molar-refractivity contribution in [1.29, 1.82) is 0 Å². The number of alkyl halides is 3. The molecule has 0 aliphatic carbocycles. The van der Waals surface area contributed by atoms with E-state index < -0.39 is 11.7 Å². The van der Waals surface area contributed by atoms with Crippen LogP contribution < -0.4 is 0 Å². The van der Waals surface area contributed by atoms with Crippen molar-refractivity contribution in [3.63, 3.8) is 0 Å². The lowest BCUT2D eigenvalue weighted by Gasteiger charge is -2.11. The van der Waals surface area contributed by atoms with Crippen LogP contribution in [0.2, 0.25) is 0 Å². The molecule has 0 aliphatic rings. The largest absolute Gasteiger partial charge is 0.416 e. The number of aldehydes is 1. The van der Waals surface area contributed by atoms with E-state index in [4.69, 9.17) is 0 Å². The van der Waals surface area contributed by atoms with Gasteiger partial charge in [-0.25, -0.2) is 4.98 Å². The van der Waals surface area contributed by atoms with Gasteiger partial charge in [0, 0.05) is 11.1 Å². The van der Waals surface area contributed by atoms with Gasteiger partial charge in [-0.05, 0) is 29.8 Å². The summed E-state index contributed by atoms with van der Waals surface area (Å²) in [7, 11) is 0. The lowest BCUT2D eigenvalue weighted by molar-refractivity contribution is -0.137. The van der Waals surface area contributed by atoms with Crippen LogP contribution in [0.1, 0.15) is 16.1 Å². The first-order valence-electron chi connectivity index (χ1n) is 7.18. The molecule has 5 heteroatoms. The summed E-state index contributed by atoms with van der Waals surface area (Å²) in [5.74, 6) is 0. The summed E-state index contributed by atoms with van der Waals surface area (Å²) in [5, 5.41) is 0. The molecule has 3 rings (SSSR count). The number of nitrogens with zero attached hydrogens (tertiary/aromatic N) is 1. The fourth-order valence-electron chi connectivity index (χ4n) is 2.43. The molecule has 1 aromatic heterocycles. The fraction of sp³-hybridized carbons (Fsp3) is 0.0526. The van der Waals surface area contributed by atoms with Crippen LogP contribution in [0.25, 0.3) is 22.4 Å². The van der Waals surface area contributed by atoms with E-state index in [2.05, 4.69) is 4.98 Å². The Bertz CT molecular complexity index is 856. The number of hydrogen-bond acceptors (Lipinski definition) is 2. The maximum Gasteiger partial charge on any atom is 0.416 e. The molecule has 0 radical (unpaired) electrons. The van der Waals surface area contributed by atoms with Gasteiger partial charge >= 0.3 is 6.18 Å². The van der Waals surface area contributed by atoms with Crippen LogP contribution in [0.5, 0.6) is 0 Å². The van der Waals surface area contributed by atoms with Crippen LogP contribution >= 0.6 is 0 Å².